The maximum Gasteiger partial charge on any atom is 0.326 e. The summed E-state index contributed by atoms with van der Waals surface area (Å²) in [6.07, 6.45) is 1.58. The first kappa shape index (κ1) is 32.7. The van der Waals surface area contributed by atoms with E-state index in [9.17, 15) is 34.2 Å². The van der Waals surface area contributed by atoms with Crippen LogP contribution in [0.5, 0.6) is 5.75 Å². The minimum Gasteiger partial charge on any atom is -0.508 e. The number of amides is 4. The predicted molar refractivity (Wildman–Crippen MR) is 150 cm³/mol. The first-order valence-electron chi connectivity index (χ1n) is 13.2. The standard InChI is InChI=1S/C28H38N6O7/c29-13-5-4-8-22(28(40)41)34-27(39)23(15-18-6-2-1-3-7-18)33-25(37)17-31-24(36)16-32-26(38)21(30)14-19-9-11-20(35)12-10-19/h1-3,6-7,9-12,21-23,35H,4-5,8,13-17,29-30H2,(H,31,36)(H,32,38)(H,33,37)(H,34,39)(H,40,41)/t21-,22-,23-/m0/s1. The van der Waals surface area contributed by atoms with Crippen molar-refractivity contribution in [3.63, 3.8) is 0 Å². The molecule has 2 aromatic rings. The van der Waals surface area contributed by atoms with Crippen molar-refractivity contribution >= 4 is 29.6 Å². The van der Waals surface area contributed by atoms with Crippen molar-refractivity contribution in [3.05, 3.63) is 65.7 Å². The van der Waals surface area contributed by atoms with Gasteiger partial charge in [0.1, 0.15) is 17.8 Å². The summed E-state index contributed by atoms with van der Waals surface area (Å²) in [5, 5.41) is 28.6. The van der Waals surface area contributed by atoms with Gasteiger partial charge in [-0.3, -0.25) is 19.2 Å². The van der Waals surface area contributed by atoms with Gasteiger partial charge >= 0.3 is 5.97 Å². The SMILES string of the molecule is NCCCC[C@H](NC(=O)[C@H](Cc1ccccc1)NC(=O)CNC(=O)CNC(=O)[C@@H](N)Cc1ccc(O)cc1)C(=O)O. The van der Waals surface area contributed by atoms with Crippen molar-refractivity contribution in [2.45, 2.75) is 50.2 Å². The average molecular weight is 571 g/mol. The molecule has 3 atom stereocenters. The maximum atomic E-state index is 13.0. The van der Waals surface area contributed by atoms with E-state index in [0.29, 0.717) is 19.4 Å². The van der Waals surface area contributed by atoms with Gasteiger partial charge < -0.3 is 42.9 Å². The highest BCUT2D eigenvalue weighted by Crippen LogP contribution is 2.11. The monoisotopic (exact) mass is 570 g/mol. The smallest absolute Gasteiger partial charge is 0.326 e. The van der Waals surface area contributed by atoms with Crippen LogP contribution >= 0.6 is 0 Å². The Morgan fingerprint density at radius 3 is 2.00 bits per heavy atom. The van der Waals surface area contributed by atoms with E-state index in [2.05, 4.69) is 21.3 Å². The zero-order valence-corrected chi connectivity index (χ0v) is 22.7. The molecular weight excluding hydrogens is 532 g/mol. The first-order valence-corrected chi connectivity index (χ1v) is 13.2. The zero-order valence-electron chi connectivity index (χ0n) is 22.7. The summed E-state index contributed by atoms with van der Waals surface area (Å²) in [4.78, 5) is 61.6. The molecule has 2 aromatic carbocycles. The van der Waals surface area contributed by atoms with Gasteiger partial charge in [-0.1, -0.05) is 42.5 Å². The van der Waals surface area contributed by atoms with Crippen molar-refractivity contribution in [3.8, 4) is 5.75 Å². The minimum atomic E-state index is -1.20. The first-order chi connectivity index (χ1) is 19.6. The molecule has 0 aliphatic rings. The highest BCUT2D eigenvalue weighted by atomic mass is 16.4. The number of unbranched alkanes of at least 4 members (excludes halogenated alkanes) is 1. The van der Waals surface area contributed by atoms with Crippen molar-refractivity contribution in [2.24, 2.45) is 11.5 Å². The second-order valence-corrected chi connectivity index (χ2v) is 9.47. The molecule has 0 aliphatic carbocycles. The molecule has 4 amide bonds. The van der Waals surface area contributed by atoms with E-state index in [-0.39, 0.29) is 25.0 Å². The van der Waals surface area contributed by atoms with Crippen LogP contribution in [-0.2, 0) is 36.8 Å². The average Bonchev–Trinajstić information content (AvgIpc) is 2.95. The maximum absolute atomic E-state index is 13.0. The van der Waals surface area contributed by atoms with Gasteiger partial charge in [0.2, 0.25) is 23.6 Å². The van der Waals surface area contributed by atoms with E-state index < -0.39 is 60.8 Å². The Morgan fingerprint density at radius 2 is 1.37 bits per heavy atom. The summed E-state index contributed by atoms with van der Waals surface area (Å²) < 4.78 is 0. The third-order valence-electron chi connectivity index (χ3n) is 6.09. The lowest BCUT2D eigenvalue weighted by Crippen LogP contribution is -2.54. The van der Waals surface area contributed by atoms with Crippen LogP contribution < -0.4 is 32.7 Å². The molecule has 13 heteroatoms. The lowest BCUT2D eigenvalue weighted by Gasteiger charge is -2.22. The molecule has 0 bridgehead atoms. The van der Waals surface area contributed by atoms with Gasteiger partial charge in [0.05, 0.1) is 19.1 Å². The van der Waals surface area contributed by atoms with Crippen LogP contribution in [0.15, 0.2) is 54.6 Å². The molecule has 41 heavy (non-hydrogen) atoms. The van der Waals surface area contributed by atoms with Crippen LogP contribution in [0.3, 0.4) is 0 Å². The Hall–Kier alpha value is -4.49. The van der Waals surface area contributed by atoms with Crippen LogP contribution in [0.4, 0.5) is 0 Å². The van der Waals surface area contributed by atoms with Crippen LogP contribution in [0.25, 0.3) is 0 Å². The number of nitrogens with one attached hydrogen (secondary N) is 4. The molecule has 0 saturated heterocycles. The number of phenolic OH excluding ortho intramolecular Hbond substituents is 1. The van der Waals surface area contributed by atoms with E-state index in [1.54, 1.807) is 42.5 Å². The molecule has 0 radical (unpaired) electrons. The van der Waals surface area contributed by atoms with E-state index in [4.69, 9.17) is 11.5 Å². The van der Waals surface area contributed by atoms with Crippen molar-refractivity contribution < 1.29 is 34.2 Å². The molecule has 0 fully saturated rings. The second-order valence-electron chi connectivity index (χ2n) is 9.47. The summed E-state index contributed by atoms with van der Waals surface area (Å²) in [6, 6.07) is 11.9. The quantitative estimate of drug-likeness (QED) is 0.108. The number of nitrogens with two attached hydrogens (primary N) is 2. The van der Waals surface area contributed by atoms with Crippen LogP contribution in [-0.4, -0.2) is 77.6 Å². The Kier molecular flexibility index (Phi) is 13.8. The summed E-state index contributed by atoms with van der Waals surface area (Å²) >= 11 is 0. The molecule has 13 nitrogen and oxygen atoms in total. The molecule has 222 valence electrons. The number of aromatic hydroxyl groups is 1. The molecule has 0 saturated carbocycles. The number of hydrogen-bond acceptors (Lipinski definition) is 8. The number of carbonyl (C=O) groups is 5. The second kappa shape index (κ2) is 17.3. The molecule has 2 rings (SSSR count). The summed E-state index contributed by atoms with van der Waals surface area (Å²) in [7, 11) is 0. The fourth-order valence-electron chi connectivity index (χ4n) is 3.85. The highest BCUT2D eigenvalue weighted by molar-refractivity contribution is 5.93. The van der Waals surface area contributed by atoms with Gasteiger partial charge in [0.15, 0.2) is 0 Å². The number of benzene rings is 2. The van der Waals surface area contributed by atoms with Crippen molar-refractivity contribution in [1.29, 1.82) is 0 Å². The fourth-order valence-corrected chi connectivity index (χ4v) is 3.85. The normalized spacial score (nSPS) is 12.8. The number of carbonyl (C=O) groups excluding carboxylic acids is 4. The molecular formula is C28H38N6O7. The van der Waals surface area contributed by atoms with E-state index in [1.807, 2.05) is 0 Å². The molecule has 0 aliphatic heterocycles. The number of aliphatic carboxylic acids is 1. The summed E-state index contributed by atoms with van der Waals surface area (Å²) in [5.74, 6) is -3.69. The Morgan fingerprint density at radius 1 is 0.732 bits per heavy atom. The van der Waals surface area contributed by atoms with E-state index in [0.717, 1.165) is 11.1 Å². The number of rotatable bonds is 17. The molecule has 0 spiro atoms. The van der Waals surface area contributed by atoms with Gasteiger partial charge in [0.25, 0.3) is 0 Å². The number of hydrogen-bond donors (Lipinski definition) is 8. The largest absolute Gasteiger partial charge is 0.508 e. The third kappa shape index (κ3) is 12.5. The van der Waals surface area contributed by atoms with Crippen LogP contribution in [0, 0.1) is 0 Å². The Labute approximate surface area is 238 Å². The van der Waals surface area contributed by atoms with Crippen molar-refractivity contribution in [1.82, 2.24) is 21.3 Å². The number of carboxylic acid groups (broad SMARTS) is 1. The van der Waals surface area contributed by atoms with E-state index in [1.165, 1.54) is 12.1 Å². The summed E-state index contributed by atoms with van der Waals surface area (Å²) in [6.45, 7) is -0.507. The lowest BCUT2D eigenvalue weighted by molar-refractivity contribution is -0.142. The fraction of sp³-hybridized carbons (Fsp3) is 0.393. The predicted octanol–water partition coefficient (Wildman–Crippen LogP) is -1.08. The van der Waals surface area contributed by atoms with E-state index >= 15 is 0 Å². The number of phenols is 1. The zero-order chi connectivity index (χ0) is 30.2. The lowest BCUT2D eigenvalue weighted by atomic mass is 10.0. The highest BCUT2D eigenvalue weighted by Gasteiger charge is 2.27. The number of carboxylic acids is 1. The Balaban J connectivity index is 1.88. The van der Waals surface area contributed by atoms with Gasteiger partial charge in [-0.05, 0) is 55.5 Å². The van der Waals surface area contributed by atoms with Crippen molar-refractivity contribution in [2.75, 3.05) is 19.6 Å². The summed E-state index contributed by atoms with van der Waals surface area (Å²) in [5.41, 5.74) is 12.8. The molecule has 0 unspecified atom stereocenters. The van der Waals surface area contributed by atoms with Gasteiger partial charge in [-0.15, -0.1) is 0 Å². The molecule has 10 N–H and O–H groups in total. The van der Waals surface area contributed by atoms with Crippen LogP contribution in [0.1, 0.15) is 30.4 Å². The Bertz CT molecular complexity index is 1160. The molecule has 0 heterocycles. The van der Waals surface area contributed by atoms with Gasteiger partial charge in [-0.2, -0.15) is 0 Å². The van der Waals surface area contributed by atoms with Gasteiger partial charge in [-0.25, -0.2) is 4.79 Å². The van der Waals surface area contributed by atoms with Crippen LogP contribution in [0.2, 0.25) is 0 Å². The third-order valence-corrected chi connectivity index (χ3v) is 6.09. The van der Waals surface area contributed by atoms with Gasteiger partial charge in [0, 0.05) is 6.42 Å². The minimum absolute atomic E-state index is 0.0854. The topological polar surface area (TPSA) is 226 Å². The molecule has 0 aromatic heterocycles.